The van der Waals surface area contributed by atoms with Gasteiger partial charge in [-0.15, -0.1) is 0 Å². The highest BCUT2D eigenvalue weighted by Crippen LogP contribution is 2.29. The molecule has 0 heterocycles. The van der Waals surface area contributed by atoms with Crippen molar-refractivity contribution in [3.63, 3.8) is 0 Å². The molecular formula is C19H16Cl2N2O3. The second-order valence-corrected chi connectivity index (χ2v) is 5.94. The number of methoxy groups -OCH3 is 1. The van der Waals surface area contributed by atoms with E-state index in [9.17, 15) is 10.1 Å². The summed E-state index contributed by atoms with van der Waals surface area (Å²) >= 11 is 11.9. The van der Waals surface area contributed by atoms with E-state index >= 15 is 0 Å². The predicted octanol–water partition coefficient (Wildman–Crippen LogP) is 4.95. The molecule has 0 aliphatic carbocycles. The SMILES string of the molecule is CCOc1ccc(/C=C(\C#N)C(=O)Nc2ccc(Cl)cc2Cl)cc1OC. The Morgan fingerprint density at radius 3 is 2.62 bits per heavy atom. The molecule has 7 heteroatoms. The van der Waals surface area contributed by atoms with Crippen LogP contribution in [0.25, 0.3) is 6.08 Å². The minimum absolute atomic E-state index is 0.0813. The average Bonchev–Trinajstić information content (AvgIpc) is 2.63. The zero-order valence-corrected chi connectivity index (χ0v) is 15.7. The Morgan fingerprint density at radius 2 is 2.00 bits per heavy atom. The molecule has 2 aromatic carbocycles. The van der Waals surface area contributed by atoms with Gasteiger partial charge in [-0.2, -0.15) is 5.26 Å². The van der Waals surface area contributed by atoms with Gasteiger partial charge in [-0.25, -0.2) is 0 Å². The number of anilines is 1. The maximum absolute atomic E-state index is 12.4. The van der Waals surface area contributed by atoms with Crippen LogP contribution in [0, 0.1) is 11.3 Å². The van der Waals surface area contributed by atoms with Crippen molar-refractivity contribution in [3.05, 3.63) is 57.6 Å². The van der Waals surface area contributed by atoms with E-state index in [1.165, 1.54) is 19.3 Å². The van der Waals surface area contributed by atoms with Crippen molar-refractivity contribution in [2.75, 3.05) is 19.0 Å². The first kappa shape index (κ1) is 19.6. The van der Waals surface area contributed by atoms with Gasteiger partial charge in [0.25, 0.3) is 5.91 Å². The molecule has 0 fully saturated rings. The molecule has 134 valence electrons. The Bertz CT molecular complexity index is 889. The number of nitriles is 1. The third-order valence-electron chi connectivity index (χ3n) is 3.34. The van der Waals surface area contributed by atoms with Crippen molar-refractivity contribution in [1.29, 1.82) is 5.26 Å². The third-order valence-corrected chi connectivity index (χ3v) is 3.89. The molecule has 26 heavy (non-hydrogen) atoms. The first-order valence-corrected chi connectivity index (χ1v) is 8.43. The number of amides is 1. The lowest BCUT2D eigenvalue weighted by molar-refractivity contribution is -0.112. The Morgan fingerprint density at radius 1 is 1.23 bits per heavy atom. The number of rotatable bonds is 6. The van der Waals surface area contributed by atoms with Crippen molar-refractivity contribution >= 4 is 40.9 Å². The largest absolute Gasteiger partial charge is 0.493 e. The van der Waals surface area contributed by atoms with Crippen LogP contribution in [0.4, 0.5) is 5.69 Å². The third kappa shape index (κ3) is 4.92. The minimum Gasteiger partial charge on any atom is -0.493 e. The summed E-state index contributed by atoms with van der Waals surface area (Å²) in [6.07, 6.45) is 1.46. The molecule has 0 spiro atoms. The molecule has 0 aliphatic heterocycles. The van der Waals surface area contributed by atoms with Crippen molar-refractivity contribution in [1.82, 2.24) is 0 Å². The highest BCUT2D eigenvalue weighted by Gasteiger charge is 2.13. The molecule has 0 aromatic heterocycles. The summed E-state index contributed by atoms with van der Waals surface area (Å²) in [6, 6.07) is 11.7. The van der Waals surface area contributed by atoms with Crippen LogP contribution in [0.5, 0.6) is 11.5 Å². The standard InChI is InChI=1S/C19H16Cl2N2O3/c1-3-26-17-7-4-12(9-18(17)25-2)8-13(11-22)19(24)23-16-6-5-14(20)10-15(16)21/h4-10H,3H2,1-2H3,(H,23,24)/b13-8+. The summed E-state index contributed by atoms with van der Waals surface area (Å²) in [5.41, 5.74) is 0.910. The molecule has 2 aromatic rings. The summed E-state index contributed by atoms with van der Waals surface area (Å²) in [4.78, 5) is 12.4. The van der Waals surface area contributed by atoms with Gasteiger partial charge in [0.15, 0.2) is 11.5 Å². The fourth-order valence-corrected chi connectivity index (χ4v) is 2.60. The Labute approximate surface area is 161 Å². The van der Waals surface area contributed by atoms with Crippen LogP contribution in [-0.2, 0) is 4.79 Å². The van der Waals surface area contributed by atoms with Gasteiger partial charge in [0.05, 0.1) is 24.4 Å². The van der Waals surface area contributed by atoms with Gasteiger partial charge in [0, 0.05) is 5.02 Å². The van der Waals surface area contributed by atoms with Gasteiger partial charge in [0.1, 0.15) is 11.6 Å². The lowest BCUT2D eigenvalue weighted by atomic mass is 10.1. The van der Waals surface area contributed by atoms with Gasteiger partial charge < -0.3 is 14.8 Å². The van der Waals surface area contributed by atoms with Gasteiger partial charge in [-0.05, 0) is 48.9 Å². The van der Waals surface area contributed by atoms with Gasteiger partial charge in [-0.3, -0.25) is 4.79 Å². The van der Waals surface area contributed by atoms with Crippen molar-refractivity contribution < 1.29 is 14.3 Å². The molecule has 0 bridgehead atoms. The number of hydrogen-bond acceptors (Lipinski definition) is 4. The van der Waals surface area contributed by atoms with E-state index in [-0.39, 0.29) is 10.6 Å². The van der Waals surface area contributed by atoms with Crippen LogP contribution in [0.1, 0.15) is 12.5 Å². The van der Waals surface area contributed by atoms with Crippen LogP contribution in [0.15, 0.2) is 42.0 Å². The van der Waals surface area contributed by atoms with Crippen LogP contribution < -0.4 is 14.8 Å². The van der Waals surface area contributed by atoms with Crippen LogP contribution >= 0.6 is 23.2 Å². The van der Waals surface area contributed by atoms with E-state index in [1.807, 2.05) is 13.0 Å². The average molecular weight is 391 g/mol. The van der Waals surface area contributed by atoms with Gasteiger partial charge in [-0.1, -0.05) is 29.3 Å². The number of halogens is 2. The lowest BCUT2D eigenvalue weighted by Gasteiger charge is -2.10. The molecule has 0 saturated heterocycles. The lowest BCUT2D eigenvalue weighted by Crippen LogP contribution is -2.13. The second kappa shape index (κ2) is 9.14. The van der Waals surface area contributed by atoms with E-state index in [4.69, 9.17) is 32.7 Å². The first-order valence-electron chi connectivity index (χ1n) is 7.67. The van der Waals surface area contributed by atoms with E-state index in [0.717, 1.165) is 0 Å². The topological polar surface area (TPSA) is 71.3 Å². The number of carbonyl (C=O) groups is 1. The highest BCUT2D eigenvalue weighted by atomic mass is 35.5. The predicted molar refractivity (Wildman–Crippen MR) is 103 cm³/mol. The Hall–Kier alpha value is -2.68. The van der Waals surface area contributed by atoms with E-state index in [2.05, 4.69) is 5.32 Å². The van der Waals surface area contributed by atoms with Crippen molar-refractivity contribution in [2.45, 2.75) is 6.92 Å². The van der Waals surface area contributed by atoms with Crippen molar-refractivity contribution in [2.24, 2.45) is 0 Å². The highest BCUT2D eigenvalue weighted by molar-refractivity contribution is 6.36. The zero-order valence-electron chi connectivity index (χ0n) is 14.2. The molecule has 0 aliphatic rings. The smallest absolute Gasteiger partial charge is 0.266 e. The molecular weight excluding hydrogens is 375 g/mol. The molecule has 5 nitrogen and oxygen atoms in total. The Kier molecular flexibility index (Phi) is 6.90. The number of hydrogen-bond donors (Lipinski definition) is 1. The summed E-state index contributed by atoms with van der Waals surface area (Å²) in [6.45, 7) is 2.37. The fraction of sp³-hybridized carbons (Fsp3) is 0.158. The summed E-state index contributed by atoms with van der Waals surface area (Å²) < 4.78 is 10.7. The summed E-state index contributed by atoms with van der Waals surface area (Å²) in [7, 11) is 1.52. The molecule has 0 atom stereocenters. The fourth-order valence-electron chi connectivity index (χ4n) is 2.14. The van der Waals surface area contributed by atoms with E-state index in [0.29, 0.717) is 34.4 Å². The molecule has 1 N–H and O–H groups in total. The molecule has 0 radical (unpaired) electrons. The number of ether oxygens (including phenoxy) is 2. The zero-order chi connectivity index (χ0) is 19.1. The number of benzene rings is 2. The molecule has 2 rings (SSSR count). The van der Waals surface area contributed by atoms with Crippen LogP contribution in [0.2, 0.25) is 10.0 Å². The van der Waals surface area contributed by atoms with E-state index < -0.39 is 5.91 Å². The maximum Gasteiger partial charge on any atom is 0.266 e. The maximum atomic E-state index is 12.4. The van der Waals surface area contributed by atoms with E-state index in [1.54, 1.807) is 30.3 Å². The number of nitrogens with one attached hydrogen (secondary N) is 1. The minimum atomic E-state index is -0.579. The summed E-state index contributed by atoms with van der Waals surface area (Å²) in [5.74, 6) is 0.520. The number of carbonyl (C=O) groups excluding carboxylic acids is 1. The monoisotopic (exact) mass is 390 g/mol. The second-order valence-electron chi connectivity index (χ2n) is 5.09. The first-order chi connectivity index (χ1) is 12.5. The van der Waals surface area contributed by atoms with Crippen LogP contribution in [-0.4, -0.2) is 19.6 Å². The van der Waals surface area contributed by atoms with Crippen LogP contribution in [0.3, 0.4) is 0 Å². The van der Waals surface area contributed by atoms with Gasteiger partial charge in [0.2, 0.25) is 0 Å². The Balaban J connectivity index is 2.26. The molecule has 1 amide bonds. The summed E-state index contributed by atoms with van der Waals surface area (Å²) in [5, 5.41) is 12.7. The normalized spacial score (nSPS) is 10.8. The molecule has 0 saturated carbocycles. The molecule has 0 unspecified atom stereocenters. The van der Waals surface area contributed by atoms with Crippen molar-refractivity contribution in [3.8, 4) is 17.6 Å². The quantitative estimate of drug-likeness (QED) is 0.559. The number of nitrogens with zero attached hydrogens (tertiary/aromatic N) is 1. The van der Waals surface area contributed by atoms with Gasteiger partial charge >= 0.3 is 0 Å².